The molecule has 1 rings (SSSR count). The summed E-state index contributed by atoms with van der Waals surface area (Å²) < 4.78 is 0. The summed E-state index contributed by atoms with van der Waals surface area (Å²) in [6, 6.07) is 0. The van der Waals surface area contributed by atoms with Crippen LogP contribution in [0.25, 0.3) is 0 Å². The highest BCUT2D eigenvalue weighted by atomic mass is 33.5. The molecule has 0 spiro atoms. The molecule has 1 saturated heterocycles. The average molecular weight is 170 g/mol. The van der Waals surface area contributed by atoms with E-state index in [1.807, 2.05) is 22.6 Å². The summed E-state index contributed by atoms with van der Waals surface area (Å²) in [6.07, 6.45) is 0. The molecule has 0 aliphatic carbocycles. The lowest BCUT2D eigenvalue weighted by Crippen LogP contribution is -2.18. The lowest BCUT2D eigenvalue weighted by molar-refractivity contribution is 1.09. The summed E-state index contributed by atoms with van der Waals surface area (Å²) in [5.74, 6) is 2.66. The van der Waals surface area contributed by atoms with E-state index in [-0.39, 0.29) is 0 Å². The summed E-state index contributed by atoms with van der Waals surface area (Å²) in [5, 5.41) is 0.896. The van der Waals surface area contributed by atoms with Gasteiger partial charge in [0.1, 0.15) is 0 Å². The van der Waals surface area contributed by atoms with Crippen LogP contribution < -0.4 is 0 Å². The van der Waals surface area contributed by atoms with Gasteiger partial charge in [-0.2, -0.15) is 11.8 Å². The first-order valence-electron chi connectivity index (χ1n) is 1.98. The molecular formula is C3H6S4. The molecule has 1 heterocycles. The van der Waals surface area contributed by atoms with E-state index in [1.165, 1.54) is 11.5 Å². The van der Waals surface area contributed by atoms with Crippen molar-refractivity contribution in [1.82, 2.24) is 0 Å². The summed E-state index contributed by atoms with van der Waals surface area (Å²) in [4.78, 5) is 0. The second-order valence-electron chi connectivity index (χ2n) is 1.33. The highest BCUT2D eigenvalue weighted by molar-refractivity contribution is 9.05. The van der Waals surface area contributed by atoms with Gasteiger partial charge >= 0.3 is 0 Å². The largest absolute Gasteiger partial charge is 0.160 e. The Morgan fingerprint density at radius 1 is 1.57 bits per heavy atom. The maximum absolute atomic E-state index is 4.02. The maximum atomic E-state index is 4.02. The molecule has 0 aromatic heterocycles. The van der Waals surface area contributed by atoms with Gasteiger partial charge in [0.2, 0.25) is 0 Å². The molecular weight excluding hydrogens is 164 g/mol. The van der Waals surface area contributed by atoms with Crippen molar-refractivity contribution in [3.05, 3.63) is 0 Å². The zero-order valence-electron chi connectivity index (χ0n) is 3.66. The van der Waals surface area contributed by atoms with E-state index >= 15 is 0 Å². The van der Waals surface area contributed by atoms with Gasteiger partial charge in [0.05, 0.1) is 0 Å². The van der Waals surface area contributed by atoms with Gasteiger partial charge in [-0.3, -0.25) is 0 Å². The average Bonchev–Trinajstić information content (AvgIpc) is 1.55. The first kappa shape index (κ1) is 6.52. The van der Waals surface area contributed by atoms with E-state index < -0.39 is 0 Å². The standard InChI is InChI=1S/C3H6S4/c4-7-6-3-1-5-2-3/h3-4H,1-2H2. The molecule has 0 unspecified atom stereocenters. The Balaban J connectivity index is 1.93. The summed E-state index contributed by atoms with van der Waals surface area (Å²) in [5.41, 5.74) is 0. The topological polar surface area (TPSA) is 0 Å². The molecule has 0 atom stereocenters. The van der Waals surface area contributed by atoms with Gasteiger partial charge in [-0.05, 0) is 9.83 Å². The fraction of sp³-hybridized carbons (Fsp3) is 1.00. The summed E-state index contributed by atoms with van der Waals surface area (Å²) >= 11 is 6.04. The summed E-state index contributed by atoms with van der Waals surface area (Å²) in [6.45, 7) is 0. The highest BCUT2D eigenvalue weighted by Gasteiger charge is 2.17. The quantitative estimate of drug-likeness (QED) is 0.499. The van der Waals surface area contributed by atoms with E-state index in [4.69, 9.17) is 0 Å². The van der Waals surface area contributed by atoms with E-state index in [9.17, 15) is 0 Å². The minimum atomic E-state index is 0.896. The van der Waals surface area contributed by atoms with Crippen LogP contribution in [0.5, 0.6) is 0 Å². The minimum Gasteiger partial charge on any atom is -0.160 e. The van der Waals surface area contributed by atoms with Crippen molar-refractivity contribution in [2.75, 3.05) is 11.5 Å². The molecule has 0 aromatic carbocycles. The van der Waals surface area contributed by atoms with E-state index in [2.05, 4.69) is 11.7 Å². The summed E-state index contributed by atoms with van der Waals surface area (Å²) in [7, 11) is 3.46. The van der Waals surface area contributed by atoms with Gasteiger partial charge < -0.3 is 0 Å². The molecule has 0 radical (unpaired) electrons. The van der Waals surface area contributed by atoms with Crippen molar-refractivity contribution >= 4 is 44.0 Å². The normalized spacial score (nSPS) is 21.9. The molecule has 4 heteroatoms. The Bertz CT molecular complexity index is 50.9. The van der Waals surface area contributed by atoms with Crippen LogP contribution in [0.15, 0.2) is 0 Å². The molecule has 7 heavy (non-hydrogen) atoms. The molecule has 42 valence electrons. The molecule has 0 bridgehead atoms. The zero-order chi connectivity index (χ0) is 5.11. The fourth-order valence-electron chi connectivity index (χ4n) is 0.330. The highest BCUT2D eigenvalue weighted by Crippen LogP contribution is 2.38. The number of thiol groups is 1. The van der Waals surface area contributed by atoms with Gasteiger partial charge in [0, 0.05) is 16.8 Å². The molecule has 1 fully saturated rings. The SMILES string of the molecule is SSSC1CSC1. The first-order chi connectivity index (χ1) is 3.43. The van der Waals surface area contributed by atoms with E-state index in [0.29, 0.717) is 0 Å². The number of hydrogen-bond acceptors (Lipinski definition) is 4. The van der Waals surface area contributed by atoms with Crippen LogP contribution in [0.3, 0.4) is 0 Å². The van der Waals surface area contributed by atoms with Crippen LogP contribution in [-0.4, -0.2) is 16.8 Å². The third-order valence-electron chi connectivity index (χ3n) is 0.787. The maximum Gasteiger partial charge on any atom is 0.0340 e. The van der Waals surface area contributed by atoms with Crippen LogP contribution >= 0.6 is 44.0 Å². The predicted octanol–water partition coefficient (Wildman–Crippen LogP) is 2.33. The van der Waals surface area contributed by atoms with Crippen LogP contribution in [0.1, 0.15) is 0 Å². The Morgan fingerprint density at radius 3 is 2.43 bits per heavy atom. The third-order valence-corrected chi connectivity index (χ3v) is 5.03. The smallest absolute Gasteiger partial charge is 0.0340 e. The first-order valence-corrected chi connectivity index (χ1v) is 6.40. The van der Waals surface area contributed by atoms with Crippen molar-refractivity contribution in [2.24, 2.45) is 0 Å². The monoisotopic (exact) mass is 170 g/mol. The van der Waals surface area contributed by atoms with Crippen molar-refractivity contribution in [2.45, 2.75) is 5.25 Å². The van der Waals surface area contributed by atoms with Gasteiger partial charge in [0.15, 0.2) is 0 Å². The Labute approximate surface area is 60.8 Å². The fourth-order valence-corrected chi connectivity index (χ4v) is 4.36. The minimum absolute atomic E-state index is 0.896. The van der Waals surface area contributed by atoms with E-state index in [1.54, 1.807) is 9.83 Å². The molecule has 0 nitrogen and oxygen atoms in total. The van der Waals surface area contributed by atoms with Crippen LogP contribution in [0.2, 0.25) is 0 Å². The molecule has 0 amide bonds. The van der Waals surface area contributed by atoms with Crippen LogP contribution in [0, 0.1) is 0 Å². The molecule has 0 N–H and O–H groups in total. The van der Waals surface area contributed by atoms with Crippen LogP contribution in [0.4, 0.5) is 0 Å². The Morgan fingerprint density at radius 2 is 2.29 bits per heavy atom. The Hall–Kier alpha value is 1.40. The number of thioether (sulfide) groups is 1. The van der Waals surface area contributed by atoms with Crippen molar-refractivity contribution in [3.8, 4) is 0 Å². The molecule has 1 aliphatic rings. The zero-order valence-corrected chi connectivity index (χ0v) is 7.01. The Kier molecular flexibility index (Phi) is 3.19. The molecule has 0 saturated carbocycles. The van der Waals surface area contributed by atoms with Crippen LogP contribution in [-0.2, 0) is 0 Å². The van der Waals surface area contributed by atoms with Gasteiger partial charge in [-0.25, -0.2) is 0 Å². The number of rotatable bonds is 2. The second-order valence-corrected chi connectivity index (χ2v) is 5.78. The third kappa shape index (κ3) is 2.00. The van der Waals surface area contributed by atoms with Gasteiger partial charge in [-0.1, -0.05) is 22.5 Å². The lowest BCUT2D eigenvalue weighted by atomic mass is 10.5. The van der Waals surface area contributed by atoms with Gasteiger partial charge in [0.25, 0.3) is 0 Å². The predicted molar refractivity (Wildman–Crippen MR) is 45.3 cm³/mol. The second kappa shape index (κ2) is 3.43. The van der Waals surface area contributed by atoms with Crippen molar-refractivity contribution in [3.63, 3.8) is 0 Å². The van der Waals surface area contributed by atoms with Gasteiger partial charge in [-0.15, -0.1) is 0 Å². The lowest BCUT2D eigenvalue weighted by Gasteiger charge is -2.21. The van der Waals surface area contributed by atoms with Crippen molar-refractivity contribution in [1.29, 1.82) is 0 Å². The van der Waals surface area contributed by atoms with Crippen molar-refractivity contribution < 1.29 is 0 Å². The van der Waals surface area contributed by atoms with E-state index in [0.717, 1.165) is 5.25 Å². The molecule has 1 aliphatic heterocycles. The number of hydrogen-bond donors (Lipinski definition) is 1. The molecule has 0 aromatic rings.